The summed E-state index contributed by atoms with van der Waals surface area (Å²) in [6, 6.07) is 2.62. The molecule has 0 radical (unpaired) electrons. The Labute approximate surface area is 120 Å². The maximum atomic E-state index is 4.44. The Morgan fingerprint density at radius 3 is 2.82 bits per heavy atom. The van der Waals surface area contributed by atoms with Gasteiger partial charge in [0.05, 0.1) is 4.47 Å². The average molecular weight is 362 g/mol. The highest BCUT2D eigenvalue weighted by Gasteiger charge is 2.24. The van der Waals surface area contributed by atoms with Crippen molar-refractivity contribution in [3.05, 3.63) is 21.2 Å². The van der Waals surface area contributed by atoms with Crippen molar-refractivity contribution >= 4 is 37.7 Å². The van der Waals surface area contributed by atoms with Crippen molar-refractivity contribution in [1.82, 2.24) is 4.98 Å². The van der Waals surface area contributed by atoms with Gasteiger partial charge in [0.1, 0.15) is 5.82 Å². The molecule has 1 aromatic heterocycles. The lowest BCUT2D eigenvalue weighted by molar-refractivity contribution is 0.316. The van der Waals surface area contributed by atoms with Crippen molar-refractivity contribution in [1.29, 1.82) is 0 Å². The van der Waals surface area contributed by atoms with Gasteiger partial charge in [0.25, 0.3) is 0 Å². The summed E-state index contributed by atoms with van der Waals surface area (Å²) in [6.07, 6.45) is 8.43. The predicted octanol–water partition coefficient (Wildman–Crippen LogP) is 4.99. The number of hydrogen-bond acceptors (Lipinski definition) is 2. The zero-order valence-electron chi connectivity index (χ0n) is 10.0. The van der Waals surface area contributed by atoms with Crippen LogP contribution in [-0.2, 0) is 0 Å². The Morgan fingerprint density at radius 1 is 1.35 bits per heavy atom. The lowest BCUT2D eigenvalue weighted by Crippen LogP contribution is -2.32. The number of hydrogen-bond donors (Lipinski definition) is 1. The molecule has 2 unspecified atom stereocenters. The summed E-state index contributed by atoms with van der Waals surface area (Å²) in [5.41, 5.74) is 0. The molecule has 1 fully saturated rings. The van der Waals surface area contributed by atoms with Gasteiger partial charge in [0.2, 0.25) is 0 Å². The number of anilines is 1. The van der Waals surface area contributed by atoms with Crippen LogP contribution in [0.4, 0.5) is 5.82 Å². The SMILES string of the molecule is CCC1CCCCC1Nc1ncc(Br)cc1Br. The van der Waals surface area contributed by atoms with Gasteiger partial charge in [0.15, 0.2) is 0 Å². The fourth-order valence-electron chi connectivity index (χ4n) is 2.58. The van der Waals surface area contributed by atoms with E-state index in [1.54, 1.807) is 0 Å². The zero-order chi connectivity index (χ0) is 12.3. The molecule has 0 aromatic carbocycles. The van der Waals surface area contributed by atoms with Crippen LogP contribution in [0.1, 0.15) is 39.0 Å². The first-order valence-electron chi connectivity index (χ1n) is 6.28. The predicted molar refractivity (Wildman–Crippen MR) is 79.3 cm³/mol. The number of halogens is 2. The molecule has 0 amide bonds. The number of nitrogens with one attached hydrogen (secondary N) is 1. The zero-order valence-corrected chi connectivity index (χ0v) is 13.2. The molecule has 2 atom stereocenters. The molecule has 94 valence electrons. The van der Waals surface area contributed by atoms with Crippen LogP contribution < -0.4 is 5.32 Å². The van der Waals surface area contributed by atoms with Crippen LogP contribution in [0.3, 0.4) is 0 Å². The second-order valence-electron chi connectivity index (χ2n) is 4.69. The summed E-state index contributed by atoms with van der Waals surface area (Å²) in [5.74, 6) is 1.76. The van der Waals surface area contributed by atoms with Gasteiger partial charge in [-0.2, -0.15) is 0 Å². The molecule has 2 nitrogen and oxygen atoms in total. The summed E-state index contributed by atoms with van der Waals surface area (Å²) in [5, 5.41) is 3.60. The van der Waals surface area contributed by atoms with E-state index in [1.165, 1.54) is 32.1 Å². The maximum absolute atomic E-state index is 4.44. The normalized spacial score (nSPS) is 24.6. The highest BCUT2D eigenvalue weighted by molar-refractivity contribution is 9.11. The van der Waals surface area contributed by atoms with Crippen LogP contribution in [0.25, 0.3) is 0 Å². The van der Waals surface area contributed by atoms with Crippen LogP contribution in [0, 0.1) is 5.92 Å². The van der Waals surface area contributed by atoms with Gasteiger partial charge in [0, 0.05) is 16.7 Å². The largest absolute Gasteiger partial charge is 0.366 e. The second-order valence-corrected chi connectivity index (χ2v) is 6.46. The van der Waals surface area contributed by atoms with E-state index in [0.29, 0.717) is 6.04 Å². The van der Waals surface area contributed by atoms with Crippen molar-refractivity contribution in [2.75, 3.05) is 5.32 Å². The molecule has 2 rings (SSSR count). The van der Waals surface area contributed by atoms with Crippen molar-refractivity contribution in [2.45, 2.75) is 45.1 Å². The molecule has 0 spiro atoms. The molecule has 1 N–H and O–H groups in total. The first-order valence-corrected chi connectivity index (χ1v) is 7.87. The highest BCUT2D eigenvalue weighted by Crippen LogP contribution is 2.31. The molecule has 0 aliphatic heterocycles. The van der Waals surface area contributed by atoms with E-state index in [0.717, 1.165) is 20.7 Å². The molecule has 4 heteroatoms. The van der Waals surface area contributed by atoms with E-state index in [-0.39, 0.29) is 0 Å². The van der Waals surface area contributed by atoms with Crippen molar-refractivity contribution in [3.63, 3.8) is 0 Å². The molecule has 1 aromatic rings. The molecule has 0 saturated heterocycles. The number of pyridine rings is 1. The third kappa shape index (κ3) is 3.44. The van der Waals surface area contributed by atoms with E-state index >= 15 is 0 Å². The van der Waals surface area contributed by atoms with E-state index in [1.807, 2.05) is 12.3 Å². The van der Waals surface area contributed by atoms with Gasteiger partial charge in [-0.1, -0.05) is 26.2 Å². The minimum Gasteiger partial charge on any atom is -0.366 e. The molecule has 1 heterocycles. The molecular weight excluding hydrogens is 344 g/mol. The van der Waals surface area contributed by atoms with E-state index in [2.05, 4.69) is 49.1 Å². The van der Waals surface area contributed by atoms with Crippen LogP contribution in [0.15, 0.2) is 21.2 Å². The first-order chi connectivity index (χ1) is 8.20. The number of aromatic nitrogens is 1. The Balaban J connectivity index is 2.08. The quantitative estimate of drug-likeness (QED) is 0.820. The fraction of sp³-hybridized carbons (Fsp3) is 0.615. The van der Waals surface area contributed by atoms with E-state index < -0.39 is 0 Å². The molecule has 0 bridgehead atoms. The average Bonchev–Trinajstić information content (AvgIpc) is 2.33. The number of nitrogens with zero attached hydrogens (tertiary/aromatic N) is 1. The van der Waals surface area contributed by atoms with Crippen molar-refractivity contribution < 1.29 is 0 Å². The third-order valence-electron chi connectivity index (χ3n) is 3.56. The lowest BCUT2D eigenvalue weighted by atomic mass is 9.83. The fourth-order valence-corrected chi connectivity index (χ4v) is 3.68. The summed E-state index contributed by atoms with van der Waals surface area (Å²) in [4.78, 5) is 4.44. The standard InChI is InChI=1S/C13H18Br2N2/c1-2-9-5-3-4-6-12(9)17-13-11(15)7-10(14)8-16-13/h7-9,12H,2-6H2,1H3,(H,16,17). The van der Waals surface area contributed by atoms with E-state index in [9.17, 15) is 0 Å². The Bertz CT molecular complexity index is 382. The van der Waals surface area contributed by atoms with Crippen LogP contribution in [0.2, 0.25) is 0 Å². The summed E-state index contributed by atoms with van der Waals surface area (Å²) in [7, 11) is 0. The smallest absolute Gasteiger partial charge is 0.140 e. The summed E-state index contributed by atoms with van der Waals surface area (Å²) >= 11 is 6.99. The second kappa shape index (κ2) is 6.19. The maximum Gasteiger partial charge on any atom is 0.140 e. The highest BCUT2D eigenvalue weighted by atomic mass is 79.9. The minimum atomic E-state index is 0.582. The Kier molecular flexibility index (Phi) is 4.86. The van der Waals surface area contributed by atoms with Gasteiger partial charge in [-0.3, -0.25) is 0 Å². The monoisotopic (exact) mass is 360 g/mol. The van der Waals surface area contributed by atoms with Crippen molar-refractivity contribution in [2.24, 2.45) is 5.92 Å². The van der Waals surface area contributed by atoms with Crippen molar-refractivity contribution in [3.8, 4) is 0 Å². The summed E-state index contributed by atoms with van der Waals surface area (Å²) in [6.45, 7) is 2.29. The minimum absolute atomic E-state index is 0.582. The Hall–Kier alpha value is -0.0900. The molecular formula is C13H18Br2N2. The molecule has 1 aliphatic rings. The van der Waals surface area contributed by atoms with Crippen LogP contribution >= 0.6 is 31.9 Å². The summed E-state index contributed by atoms with van der Waals surface area (Å²) < 4.78 is 2.04. The van der Waals surface area contributed by atoms with Gasteiger partial charge in [-0.25, -0.2) is 4.98 Å². The van der Waals surface area contributed by atoms with Crippen LogP contribution in [-0.4, -0.2) is 11.0 Å². The van der Waals surface area contributed by atoms with Gasteiger partial charge < -0.3 is 5.32 Å². The van der Waals surface area contributed by atoms with Crippen LogP contribution in [0.5, 0.6) is 0 Å². The van der Waals surface area contributed by atoms with Gasteiger partial charge in [-0.15, -0.1) is 0 Å². The van der Waals surface area contributed by atoms with Gasteiger partial charge in [-0.05, 0) is 56.7 Å². The number of rotatable bonds is 3. The first kappa shape index (κ1) is 13.3. The van der Waals surface area contributed by atoms with Gasteiger partial charge >= 0.3 is 0 Å². The topological polar surface area (TPSA) is 24.9 Å². The third-order valence-corrected chi connectivity index (χ3v) is 4.60. The Morgan fingerprint density at radius 2 is 2.12 bits per heavy atom. The van der Waals surface area contributed by atoms with E-state index in [4.69, 9.17) is 0 Å². The lowest BCUT2D eigenvalue weighted by Gasteiger charge is -2.32. The molecule has 1 saturated carbocycles. The molecule has 17 heavy (non-hydrogen) atoms. The molecule has 1 aliphatic carbocycles.